The van der Waals surface area contributed by atoms with Gasteiger partial charge in [-0.3, -0.25) is 0 Å². The lowest BCUT2D eigenvalue weighted by molar-refractivity contribution is -0.00229. The van der Waals surface area contributed by atoms with Crippen molar-refractivity contribution in [2.75, 3.05) is 18.8 Å². The average molecular weight is 258 g/mol. The summed E-state index contributed by atoms with van der Waals surface area (Å²) in [5, 5.41) is 4.55. The molecular weight excluding hydrogens is 232 g/mol. The van der Waals surface area contributed by atoms with Gasteiger partial charge in [-0.2, -0.15) is 0 Å². The van der Waals surface area contributed by atoms with E-state index in [0.29, 0.717) is 0 Å². The van der Waals surface area contributed by atoms with Gasteiger partial charge in [0.2, 0.25) is 0 Å². The highest BCUT2D eigenvalue weighted by Gasteiger charge is 2.09. The summed E-state index contributed by atoms with van der Waals surface area (Å²) in [7, 11) is -1.15. The molecule has 0 bridgehead atoms. The van der Waals surface area contributed by atoms with Crippen molar-refractivity contribution in [3.05, 3.63) is 9.81 Å². The molecule has 0 spiro atoms. The van der Waals surface area contributed by atoms with E-state index in [4.69, 9.17) is 0 Å². The molecule has 0 amide bonds. The number of rotatable bonds is 3. The monoisotopic (exact) mass is 258 g/mol. The number of hydrogen-bond donors (Lipinski definition) is 0. The molecule has 0 heterocycles. The van der Waals surface area contributed by atoms with E-state index in [-0.39, 0.29) is 14.9 Å². The Balaban J connectivity index is -0.0000000800. The molecule has 0 aliphatic rings. The Labute approximate surface area is 100 Å². The Morgan fingerprint density at radius 3 is 1.31 bits per heavy atom. The van der Waals surface area contributed by atoms with Crippen LogP contribution in [0.2, 0.25) is 0 Å². The molecule has 6 nitrogen and oxygen atoms in total. The molecule has 0 saturated carbocycles. The molecule has 0 aromatic heterocycles. The summed E-state index contributed by atoms with van der Waals surface area (Å²) >= 11 is 0. The van der Waals surface area contributed by atoms with Crippen LogP contribution in [0.3, 0.4) is 0 Å². The lowest BCUT2D eigenvalue weighted by atomic mass is 10.2. The van der Waals surface area contributed by atoms with Crippen molar-refractivity contribution < 1.29 is 9.12 Å². The van der Waals surface area contributed by atoms with E-state index < -0.39 is 15.9 Å². The fourth-order valence-corrected chi connectivity index (χ4v) is 0.386. The maximum atomic E-state index is 9.37. The largest absolute Gasteiger partial charge is 0.358 e. The van der Waals surface area contributed by atoms with Gasteiger partial charge in [0.15, 0.2) is 10.7 Å². The van der Waals surface area contributed by atoms with Gasteiger partial charge < -0.3 is 9.12 Å². The van der Waals surface area contributed by atoms with Crippen LogP contribution in [0.15, 0.2) is 10.7 Å². The van der Waals surface area contributed by atoms with Gasteiger partial charge in [0, 0.05) is 0 Å². The van der Waals surface area contributed by atoms with E-state index in [1.807, 2.05) is 18.8 Å². The predicted octanol–water partition coefficient (Wildman–Crippen LogP) is 4.05. The second-order valence-electron chi connectivity index (χ2n) is 4.15. The molecule has 0 atom stereocenters. The average Bonchev–Trinajstić information content (AvgIpc) is 1.81. The third-order valence-corrected chi connectivity index (χ3v) is 1.07. The van der Waals surface area contributed by atoms with Crippen molar-refractivity contribution >= 4 is 10.3 Å². The van der Waals surface area contributed by atoms with E-state index >= 15 is 0 Å². The Morgan fingerprint density at radius 1 is 0.938 bits per heavy atom. The van der Waals surface area contributed by atoms with Gasteiger partial charge >= 0.3 is 0 Å². The first-order chi connectivity index (χ1) is 6.12. The van der Waals surface area contributed by atoms with E-state index in [9.17, 15) is 9.81 Å². The van der Waals surface area contributed by atoms with Crippen LogP contribution in [0.4, 0.5) is 0 Å². The highest BCUT2D eigenvalue weighted by molar-refractivity contribution is 8.28. The van der Waals surface area contributed by atoms with Crippen LogP contribution in [0, 0.1) is 9.81 Å². The molecule has 16 heavy (non-hydrogen) atoms. The van der Waals surface area contributed by atoms with Crippen LogP contribution in [0.1, 0.15) is 35.6 Å². The molecule has 0 aromatic rings. The van der Waals surface area contributed by atoms with Gasteiger partial charge in [-0.15, -0.1) is 9.81 Å². The summed E-state index contributed by atoms with van der Waals surface area (Å²) in [5.74, 6) is 0. The molecule has 102 valence electrons. The van der Waals surface area contributed by atoms with Gasteiger partial charge in [-0.1, -0.05) is 25.2 Å². The van der Waals surface area contributed by atoms with Crippen LogP contribution in [0.25, 0.3) is 0 Å². The summed E-state index contributed by atoms with van der Waals surface area (Å²) in [4.78, 5) is 23.0. The third kappa shape index (κ3) is 38.0. The summed E-state index contributed by atoms with van der Waals surface area (Å²) in [6.07, 6.45) is 5.52. The Hall–Kier alpha value is -0.850. The highest BCUT2D eigenvalue weighted by Crippen LogP contribution is 2.35. The normalized spacial score (nSPS) is 10.4. The Morgan fingerprint density at radius 2 is 1.31 bits per heavy atom. The lowest BCUT2D eigenvalue weighted by Gasteiger charge is -2.17. The molecule has 0 saturated heterocycles. The maximum absolute atomic E-state index is 9.37. The highest BCUT2D eigenvalue weighted by atomic mass is 32.3. The summed E-state index contributed by atoms with van der Waals surface area (Å²) in [5.41, 5.74) is -0.429. The van der Waals surface area contributed by atoms with Gasteiger partial charge in [0.05, 0.1) is 0 Å². The molecule has 0 N–H and O–H groups in total. The minimum Gasteiger partial charge on any atom is -0.358 e. The van der Waals surface area contributed by atoms with Crippen LogP contribution in [0.5, 0.6) is 0 Å². The van der Waals surface area contributed by atoms with Crippen molar-refractivity contribution in [1.29, 1.82) is 0 Å². The van der Waals surface area contributed by atoms with E-state index in [0.717, 1.165) is 0 Å². The van der Waals surface area contributed by atoms with Crippen molar-refractivity contribution in [2.45, 2.75) is 41.2 Å². The fourth-order valence-electron chi connectivity index (χ4n) is 0.203. The maximum Gasteiger partial charge on any atom is 0.166 e. The quantitative estimate of drug-likeness (QED) is 0.565. The van der Waals surface area contributed by atoms with Gasteiger partial charge in [0.25, 0.3) is 0 Å². The van der Waals surface area contributed by atoms with Gasteiger partial charge in [-0.25, -0.2) is 0 Å². The summed E-state index contributed by atoms with van der Waals surface area (Å²) in [6.45, 7) is 5.28. The standard InChI is InChI=1S/C4H9NO2.C3H9NO2S.2CH4/c1-4(2,3)7-5-6;1-7(2,3)6-4-5;;/h2*1-3H3;2*1H4. The number of hydrogen-bond acceptors (Lipinski definition) is 6. The van der Waals surface area contributed by atoms with Crippen molar-refractivity contribution in [1.82, 2.24) is 0 Å². The first-order valence-corrected chi connectivity index (χ1v) is 6.61. The van der Waals surface area contributed by atoms with Gasteiger partial charge in [-0.05, 0) is 39.5 Å². The second-order valence-corrected chi connectivity index (χ2v) is 7.75. The van der Waals surface area contributed by atoms with E-state index in [1.54, 1.807) is 20.8 Å². The minimum absolute atomic E-state index is 0. The zero-order valence-corrected chi connectivity index (χ0v) is 10.3. The van der Waals surface area contributed by atoms with Crippen LogP contribution in [-0.2, 0) is 9.12 Å². The van der Waals surface area contributed by atoms with Crippen molar-refractivity contribution in [3.8, 4) is 0 Å². The minimum atomic E-state index is -1.15. The first kappa shape index (κ1) is 24.4. The third-order valence-electron chi connectivity index (χ3n) is 0.565. The zero-order valence-electron chi connectivity index (χ0n) is 9.44. The zero-order chi connectivity index (χ0) is 11.8. The van der Waals surface area contributed by atoms with Crippen LogP contribution < -0.4 is 0 Å². The van der Waals surface area contributed by atoms with Crippen molar-refractivity contribution in [2.24, 2.45) is 10.7 Å². The molecular formula is C9H26N2O4S. The summed E-state index contributed by atoms with van der Waals surface area (Å²) in [6, 6.07) is 0. The summed E-state index contributed by atoms with van der Waals surface area (Å²) < 4.78 is 4.38. The van der Waals surface area contributed by atoms with E-state index in [1.165, 1.54) is 0 Å². The first-order valence-electron chi connectivity index (χ1n) is 3.83. The molecule has 0 rings (SSSR count). The van der Waals surface area contributed by atoms with Gasteiger partial charge in [0.1, 0.15) is 5.60 Å². The Bertz CT molecular complexity index is 155. The fraction of sp³-hybridized carbons (Fsp3) is 1.00. The predicted molar refractivity (Wildman–Crippen MR) is 72.3 cm³/mol. The van der Waals surface area contributed by atoms with Crippen LogP contribution >= 0.6 is 10.3 Å². The van der Waals surface area contributed by atoms with Crippen LogP contribution in [-0.4, -0.2) is 24.4 Å². The molecule has 0 fully saturated rings. The number of nitrogens with zero attached hydrogens (tertiary/aromatic N) is 2. The second kappa shape index (κ2) is 10.7. The molecule has 0 aliphatic heterocycles. The van der Waals surface area contributed by atoms with Crippen molar-refractivity contribution in [3.63, 3.8) is 0 Å². The van der Waals surface area contributed by atoms with E-state index in [2.05, 4.69) is 19.8 Å². The molecule has 0 aromatic carbocycles. The molecule has 0 unspecified atom stereocenters. The molecule has 7 heteroatoms. The Kier molecular flexibility index (Phi) is 16.3. The molecule has 0 radical (unpaired) electrons. The topological polar surface area (TPSA) is 77.3 Å². The SMILES string of the molecule is C.C.CC(C)(C)ON=O.CS(C)(C)ON=O. The smallest absolute Gasteiger partial charge is 0.166 e. The lowest BCUT2D eigenvalue weighted by Crippen LogP contribution is -2.14. The molecule has 0 aliphatic carbocycles.